The minimum absolute atomic E-state index is 0.0936. The molecule has 6 heteroatoms. The van der Waals surface area contributed by atoms with Gasteiger partial charge in [-0.1, -0.05) is 55.2 Å². The van der Waals surface area contributed by atoms with Crippen LogP contribution in [0.1, 0.15) is 67.4 Å². The number of rotatable bonds is 9. The van der Waals surface area contributed by atoms with E-state index in [9.17, 15) is 9.59 Å². The number of fused-ring (bicyclic) bond motifs is 1. The molecule has 0 saturated heterocycles. The third-order valence-electron chi connectivity index (χ3n) is 5.17. The minimum atomic E-state index is -0.317. The van der Waals surface area contributed by atoms with Crippen molar-refractivity contribution in [1.29, 1.82) is 0 Å². The van der Waals surface area contributed by atoms with Gasteiger partial charge in [-0.15, -0.1) is 5.10 Å². The zero-order valence-electron chi connectivity index (χ0n) is 17.9. The molecule has 0 fully saturated rings. The average molecular weight is 408 g/mol. The van der Waals surface area contributed by atoms with Gasteiger partial charge >= 0.3 is 5.97 Å². The fraction of sp³-hybridized carbons (Fsp3) is 0.417. The molecular formula is C24H29N3O3. The van der Waals surface area contributed by atoms with Crippen molar-refractivity contribution in [3.05, 3.63) is 69.5 Å². The highest BCUT2D eigenvalue weighted by atomic mass is 16.5. The lowest BCUT2D eigenvalue weighted by molar-refractivity contribution is 0.0319. The topological polar surface area (TPSA) is 74.1 Å². The smallest absolute Gasteiger partial charge is 0.338 e. The molecule has 30 heavy (non-hydrogen) atoms. The zero-order chi connectivity index (χ0) is 21.5. The van der Waals surface area contributed by atoms with E-state index in [4.69, 9.17) is 4.74 Å². The number of hydrogen-bond acceptors (Lipinski definition) is 5. The molecule has 0 bridgehead atoms. The van der Waals surface area contributed by atoms with Crippen LogP contribution in [0.4, 0.5) is 0 Å². The molecule has 6 nitrogen and oxygen atoms in total. The summed E-state index contributed by atoms with van der Waals surface area (Å²) in [7, 11) is 0. The number of aryl methyl sites for hydroxylation is 1. The van der Waals surface area contributed by atoms with E-state index in [1.54, 1.807) is 18.2 Å². The summed E-state index contributed by atoms with van der Waals surface area (Å²) in [6.07, 6.45) is 5.44. The first-order valence-corrected chi connectivity index (χ1v) is 10.6. The Morgan fingerprint density at radius 2 is 1.87 bits per heavy atom. The molecule has 3 aromatic rings. The van der Waals surface area contributed by atoms with Gasteiger partial charge in [0.05, 0.1) is 23.6 Å². The van der Waals surface area contributed by atoms with E-state index >= 15 is 0 Å². The summed E-state index contributed by atoms with van der Waals surface area (Å²) in [4.78, 5) is 25.0. The fourth-order valence-corrected chi connectivity index (χ4v) is 3.38. The van der Waals surface area contributed by atoms with Gasteiger partial charge in [-0.2, -0.15) is 0 Å². The highest BCUT2D eigenvalue weighted by molar-refractivity contribution is 5.89. The van der Waals surface area contributed by atoms with E-state index in [0.717, 1.165) is 24.0 Å². The van der Waals surface area contributed by atoms with Crippen molar-refractivity contribution >= 4 is 16.9 Å². The highest BCUT2D eigenvalue weighted by Crippen LogP contribution is 2.13. The Bertz CT molecular complexity index is 1060. The van der Waals surface area contributed by atoms with Crippen LogP contribution < -0.4 is 5.56 Å². The number of ether oxygens (including phenoxy) is 1. The molecule has 0 aliphatic heterocycles. The summed E-state index contributed by atoms with van der Waals surface area (Å²) in [5.74, 6) is -0.317. The summed E-state index contributed by atoms with van der Waals surface area (Å²) < 4.78 is 6.88. The first-order valence-electron chi connectivity index (χ1n) is 10.6. The van der Waals surface area contributed by atoms with Gasteiger partial charge in [-0.25, -0.2) is 9.48 Å². The second-order valence-electron chi connectivity index (χ2n) is 7.84. The van der Waals surface area contributed by atoms with Crippen LogP contribution in [0.25, 0.3) is 10.9 Å². The molecule has 3 rings (SSSR count). The Hall–Kier alpha value is -3.02. The molecule has 0 spiro atoms. The van der Waals surface area contributed by atoms with Crippen LogP contribution in [0.2, 0.25) is 0 Å². The van der Waals surface area contributed by atoms with Crippen molar-refractivity contribution in [2.75, 3.05) is 0 Å². The summed E-state index contributed by atoms with van der Waals surface area (Å²) in [6.45, 7) is 6.34. The van der Waals surface area contributed by atoms with Crippen molar-refractivity contribution in [2.45, 2.75) is 65.5 Å². The average Bonchev–Trinajstić information content (AvgIpc) is 2.74. The normalized spacial score (nSPS) is 12.1. The molecule has 0 radical (unpaired) electrons. The van der Waals surface area contributed by atoms with E-state index < -0.39 is 0 Å². The molecular weight excluding hydrogens is 378 g/mol. The van der Waals surface area contributed by atoms with Crippen molar-refractivity contribution in [3.8, 4) is 0 Å². The lowest BCUT2D eigenvalue weighted by Gasteiger charge is -2.13. The fourth-order valence-electron chi connectivity index (χ4n) is 3.38. The highest BCUT2D eigenvalue weighted by Gasteiger charge is 2.12. The van der Waals surface area contributed by atoms with Crippen LogP contribution in [-0.4, -0.2) is 27.1 Å². The molecule has 0 aliphatic carbocycles. The lowest BCUT2D eigenvalue weighted by Crippen LogP contribution is -2.24. The van der Waals surface area contributed by atoms with Gasteiger partial charge < -0.3 is 4.74 Å². The van der Waals surface area contributed by atoms with Crippen LogP contribution in [0.5, 0.6) is 0 Å². The van der Waals surface area contributed by atoms with Crippen molar-refractivity contribution in [2.24, 2.45) is 0 Å². The first kappa shape index (κ1) is 21.7. The summed E-state index contributed by atoms with van der Waals surface area (Å²) in [5.41, 5.74) is 2.78. The van der Waals surface area contributed by atoms with Gasteiger partial charge in [0.1, 0.15) is 5.52 Å². The van der Waals surface area contributed by atoms with Crippen LogP contribution in [0.3, 0.4) is 0 Å². The molecule has 1 aromatic heterocycles. The van der Waals surface area contributed by atoms with E-state index in [1.165, 1.54) is 23.9 Å². The molecule has 0 aliphatic rings. The molecule has 0 amide bonds. The Kier molecular flexibility index (Phi) is 7.33. The van der Waals surface area contributed by atoms with Gasteiger partial charge in [0, 0.05) is 0 Å². The third kappa shape index (κ3) is 5.53. The standard InChI is InChI=1S/C24H29N3O3/c1-4-5-6-7-8-18(3)30-24(29)20-12-10-19(11-13-20)16-27-23(28)21-15-17(2)9-14-22(21)25-26-27/h9-15,18H,4-8,16H2,1-3H3. The van der Waals surface area contributed by atoms with Gasteiger partial charge in [0.25, 0.3) is 5.56 Å². The van der Waals surface area contributed by atoms with Gasteiger partial charge in [0.2, 0.25) is 0 Å². The Labute approximate surface area is 176 Å². The maximum absolute atomic E-state index is 12.7. The Balaban J connectivity index is 1.63. The van der Waals surface area contributed by atoms with Crippen molar-refractivity contribution in [3.63, 3.8) is 0 Å². The molecule has 1 heterocycles. The molecule has 158 valence electrons. The number of nitrogens with zero attached hydrogens (tertiary/aromatic N) is 3. The Morgan fingerprint density at radius 3 is 2.60 bits per heavy atom. The monoisotopic (exact) mass is 407 g/mol. The largest absolute Gasteiger partial charge is 0.459 e. The van der Waals surface area contributed by atoms with Gasteiger partial charge in [-0.05, 0) is 56.5 Å². The second kappa shape index (κ2) is 10.1. The van der Waals surface area contributed by atoms with E-state index in [0.29, 0.717) is 23.0 Å². The third-order valence-corrected chi connectivity index (χ3v) is 5.17. The number of esters is 1. The van der Waals surface area contributed by atoms with Gasteiger partial charge in [-0.3, -0.25) is 4.79 Å². The molecule has 1 unspecified atom stereocenters. The zero-order valence-corrected chi connectivity index (χ0v) is 17.9. The summed E-state index contributed by atoms with van der Waals surface area (Å²) in [6, 6.07) is 12.6. The van der Waals surface area contributed by atoms with Crippen LogP contribution in [0, 0.1) is 6.92 Å². The van der Waals surface area contributed by atoms with E-state index in [2.05, 4.69) is 17.2 Å². The second-order valence-corrected chi connectivity index (χ2v) is 7.84. The molecule has 0 saturated carbocycles. The van der Waals surface area contributed by atoms with E-state index in [1.807, 2.05) is 38.1 Å². The molecule has 1 atom stereocenters. The van der Waals surface area contributed by atoms with Crippen LogP contribution in [-0.2, 0) is 11.3 Å². The number of carbonyl (C=O) groups excluding carboxylic acids is 1. The number of benzene rings is 2. The van der Waals surface area contributed by atoms with E-state index in [-0.39, 0.29) is 17.6 Å². The van der Waals surface area contributed by atoms with Crippen molar-refractivity contribution in [1.82, 2.24) is 15.0 Å². The van der Waals surface area contributed by atoms with Gasteiger partial charge in [0.15, 0.2) is 0 Å². The first-order chi connectivity index (χ1) is 14.5. The molecule has 2 aromatic carbocycles. The SMILES string of the molecule is CCCCCCC(C)OC(=O)c1ccc(Cn2nnc3ccc(C)cc3c2=O)cc1. The number of hydrogen-bond donors (Lipinski definition) is 0. The Morgan fingerprint density at radius 1 is 1.10 bits per heavy atom. The van der Waals surface area contributed by atoms with Crippen molar-refractivity contribution < 1.29 is 9.53 Å². The van der Waals surface area contributed by atoms with Crippen LogP contribution in [0.15, 0.2) is 47.3 Å². The lowest BCUT2D eigenvalue weighted by atomic mass is 10.1. The number of unbranched alkanes of at least 4 members (excludes halogenated alkanes) is 3. The maximum atomic E-state index is 12.7. The maximum Gasteiger partial charge on any atom is 0.338 e. The molecule has 0 N–H and O–H groups in total. The predicted molar refractivity (Wildman–Crippen MR) is 118 cm³/mol. The predicted octanol–water partition coefficient (Wildman–Crippen LogP) is 4.66. The van der Waals surface area contributed by atoms with Crippen LogP contribution >= 0.6 is 0 Å². The summed E-state index contributed by atoms with van der Waals surface area (Å²) in [5, 5.41) is 8.72. The quantitative estimate of drug-likeness (QED) is 0.381. The summed E-state index contributed by atoms with van der Waals surface area (Å²) >= 11 is 0. The number of aromatic nitrogens is 3. The minimum Gasteiger partial charge on any atom is -0.459 e. The number of carbonyl (C=O) groups is 1.